The van der Waals surface area contributed by atoms with Gasteiger partial charge < -0.3 is 5.11 Å². The minimum atomic E-state index is -0.736. The summed E-state index contributed by atoms with van der Waals surface area (Å²) in [6.45, 7) is 0. The Morgan fingerprint density at radius 2 is 2.07 bits per heavy atom. The van der Waals surface area contributed by atoms with Crippen molar-refractivity contribution in [2.24, 2.45) is 0 Å². The molecule has 1 rings (SSSR count). The van der Waals surface area contributed by atoms with E-state index in [0.717, 1.165) is 22.8 Å². The maximum absolute atomic E-state index is 10.3. The molecule has 0 bridgehead atoms. The van der Waals surface area contributed by atoms with E-state index in [-0.39, 0.29) is 6.42 Å². The molecule has 0 saturated carbocycles. The van der Waals surface area contributed by atoms with Gasteiger partial charge in [0.1, 0.15) is 0 Å². The normalized spacial score (nSPS) is 10.2. The van der Waals surface area contributed by atoms with Gasteiger partial charge in [0, 0.05) is 10.8 Å². The Balaban J connectivity index is 2.21. The maximum atomic E-state index is 10.3. The van der Waals surface area contributed by atoms with Crippen molar-refractivity contribution in [1.29, 1.82) is 0 Å². The van der Waals surface area contributed by atoms with Gasteiger partial charge in [-0.05, 0) is 23.8 Å². The van der Waals surface area contributed by atoms with Crippen molar-refractivity contribution >= 4 is 29.3 Å². The molecule has 1 aromatic carbocycles. The van der Waals surface area contributed by atoms with E-state index >= 15 is 0 Å². The molecule has 0 aliphatic heterocycles. The van der Waals surface area contributed by atoms with Crippen LogP contribution in [0.3, 0.4) is 0 Å². The summed E-state index contributed by atoms with van der Waals surface area (Å²) in [7, 11) is 0. The molecule has 0 saturated heterocycles. The SMILES string of the molecule is O=C(O)CCSCCc1ccccc1Cl. The van der Waals surface area contributed by atoms with Crippen molar-refractivity contribution in [2.75, 3.05) is 11.5 Å². The molecular formula is C11H13ClO2S. The van der Waals surface area contributed by atoms with Crippen molar-refractivity contribution in [1.82, 2.24) is 0 Å². The number of halogens is 1. The summed E-state index contributed by atoms with van der Waals surface area (Å²) in [5.41, 5.74) is 1.13. The van der Waals surface area contributed by atoms with Gasteiger partial charge in [0.15, 0.2) is 0 Å². The van der Waals surface area contributed by atoms with Crippen molar-refractivity contribution in [3.8, 4) is 0 Å². The fourth-order valence-corrected chi connectivity index (χ4v) is 2.26. The lowest BCUT2D eigenvalue weighted by Crippen LogP contribution is -1.97. The van der Waals surface area contributed by atoms with Crippen molar-refractivity contribution in [3.63, 3.8) is 0 Å². The van der Waals surface area contributed by atoms with Crippen LogP contribution in [0.4, 0.5) is 0 Å². The molecule has 1 N–H and O–H groups in total. The lowest BCUT2D eigenvalue weighted by Gasteiger charge is -2.02. The van der Waals surface area contributed by atoms with E-state index in [9.17, 15) is 4.79 Å². The number of aliphatic carboxylic acids is 1. The second-order valence-corrected chi connectivity index (χ2v) is 4.73. The molecule has 82 valence electrons. The Bertz CT molecular complexity index is 328. The topological polar surface area (TPSA) is 37.3 Å². The first kappa shape index (κ1) is 12.4. The minimum absolute atomic E-state index is 0.229. The number of aryl methyl sites for hydroxylation is 1. The third kappa shape index (κ3) is 5.09. The van der Waals surface area contributed by atoms with E-state index < -0.39 is 5.97 Å². The highest BCUT2D eigenvalue weighted by atomic mass is 35.5. The van der Waals surface area contributed by atoms with Gasteiger partial charge in [0.2, 0.25) is 0 Å². The average molecular weight is 245 g/mol. The van der Waals surface area contributed by atoms with Crippen LogP contribution in [0.2, 0.25) is 5.02 Å². The Kier molecular flexibility index (Phi) is 5.58. The molecule has 0 aliphatic rings. The number of carboxylic acid groups (broad SMARTS) is 1. The second kappa shape index (κ2) is 6.75. The predicted molar refractivity (Wildman–Crippen MR) is 64.7 cm³/mol. The molecule has 0 amide bonds. The largest absolute Gasteiger partial charge is 0.481 e. The molecular weight excluding hydrogens is 232 g/mol. The Morgan fingerprint density at radius 3 is 2.73 bits per heavy atom. The summed E-state index contributed by atoms with van der Waals surface area (Å²) in [6.07, 6.45) is 1.12. The smallest absolute Gasteiger partial charge is 0.304 e. The van der Waals surface area contributed by atoms with Gasteiger partial charge in [-0.15, -0.1) is 0 Å². The molecule has 0 radical (unpaired) electrons. The minimum Gasteiger partial charge on any atom is -0.481 e. The molecule has 0 atom stereocenters. The van der Waals surface area contributed by atoms with E-state index in [1.807, 2.05) is 24.3 Å². The third-order valence-electron chi connectivity index (χ3n) is 1.93. The molecule has 1 aromatic rings. The molecule has 2 nitrogen and oxygen atoms in total. The molecule has 0 unspecified atom stereocenters. The quantitative estimate of drug-likeness (QED) is 0.782. The number of hydrogen-bond acceptors (Lipinski definition) is 2. The van der Waals surface area contributed by atoms with Gasteiger partial charge in [-0.3, -0.25) is 4.79 Å². The fourth-order valence-electron chi connectivity index (χ4n) is 1.14. The molecule has 15 heavy (non-hydrogen) atoms. The summed E-state index contributed by atoms with van der Waals surface area (Å²) in [5.74, 6) is 0.844. The Morgan fingerprint density at radius 1 is 1.33 bits per heavy atom. The van der Waals surface area contributed by atoms with Crippen molar-refractivity contribution < 1.29 is 9.90 Å². The zero-order valence-corrected chi connectivity index (χ0v) is 9.85. The zero-order chi connectivity index (χ0) is 11.1. The first-order valence-corrected chi connectivity index (χ1v) is 6.26. The first-order valence-electron chi connectivity index (χ1n) is 4.73. The monoisotopic (exact) mass is 244 g/mol. The summed E-state index contributed by atoms with van der Waals surface area (Å²) < 4.78 is 0. The Labute approximate surface area is 98.6 Å². The van der Waals surface area contributed by atoms with Crippen LogP contribution in [-0.4, -0.2) is 22.6 Å². The Hall–Kier alpha value is -0.670. The van der Waals surface area contributed by atoms with E-state index in [1.54, 1.807) is 11.8 Å². The molecule has 4 heteroatoms. The maximum Gasteiger partial charge on any atom is 0.304 e. The average Bonchev–Trinajstić information content (AvgIpc) is 2.20. The summed E-state index contributed by atoms with van der Waals surface area (Å²) >= 11 is 7.63. The summed E-state index contributed by atoms with van der Waals surface area (Å²) in [5, 5.41) is 9.23. The number of rotatable bonds is 6. The van der Waals surface area contributed by atoms with Crippen LogP contribution in [0, 0.1) is 0 Å². The number of carboxylic acids is 1. The van der Waals surface area contributed by atoms with Gasteiger partial charge in [-0.2, -0.15) is 11.8 Å². The lowest BCUT2D eigenvalue weighted by molar-refractivity contribution is -0.136. The zero-order valence-electron chi connectivity index (χ0n) is 8.28. The van der Waals surface area contributed by atoms with E-state index in [0.29, 0.717) is 5.75 Å². The fraction of sp³-hybridized carbons (Fsp3) is 0.364. The van der Waals surface area contributed by atoms with Crippen LogP contribution < -0.4 is 0 Å². The van der Waals surface area contributed by atoms with Crippen molar-refractivity contribution in [2.45, 2.75) is 12.8 Å². The van der Waals surface area contributed by atoms with Gasteiger partial charge in [-0.1, -0.05) is 29.8 Å². The number of hydrogen-bond donors (Lipinski definition) is 1. The van der Waals surface area contributed by atoms with Gasteiger partial charge in [-0.25, -0.2) is 0 Å². The lowest BCUT2D eigenvalue weighted by atomic mass is 10.2. The highest BCUT2D eigenvalue weighted by Gasteiger charge is 2.00. The van der Waals surface area contributed by atoms with Crippen LogP contribution >= 0.6 is 23.4 Å². The van der Waals surface area contributed by atoms with E-state index in [1.165, 1.54) is 0 Å². The summed E-state index contributed by atoms with van der Waals surface area (Å²) in [6, 6.07) is 7.74. The van der Waals surface area contributed by atoms with E-state index in [4.69, 9.17) is 16.7 Å². The first-order chi connectivity index (χ1) is 7.20. The standard InChI is InChI=1S/C11H13ClO2S/c12-10-4-2-1-3-9(10)5-7-15-8-6-11(13)14/h1-4H,5-8H2,(H,13,14). The molecule has 0 aliphatic carbocycles. The van der Waals surface area contributed by atoms with E-state index in [2.05, 4.69) is 0 Å². The van der Waals surface area contributed by atoms with Crippen LogP contribution in [0.15, 0.2) is 24.3 Å². The number of carbonyl (C=O) groups is 1. The van der Waals surface area contributed by atoms with Crippen LogP contribution in [0.1, 0.15) is 12.0 Å². The number of thioether (sulfide) groups is 1. The van der Waals surface area contributed by atoms with Gasteiger partial charge >= 0.3 is 5.97 Å². The van der Waals surface area contributed by atoms with Crippen LogP contribution in [-0.2, 0) is 11.2 Å². The highest BCUT2D eigenvalue weighted by molar-refractivity contribution is 7.99. The van der Waals surface area contributed by atoms with Gasteiger partial charge in [0.25, 0.3) is 0 Å². The molecule has 0 fully saturated rings. The van der Waals surface area contributed by atoms with Gasteiger partial charge in [0.05, 0.1) is 6.42 Å². The molecule has 0 spiro atoms. The van der Waals surface area contributed by atoms with Crippen LogP contribution in [0.5, 0.6) is 0 Å². The number of benzene rings is 1. The third-order valence-corrected chi connectivity index (χ3v) is 3.29. The van der Waals surface area contributed by atoms with Crippen molar-refractivity contribution in [3.05, 3.63) is 34.9 Å². The van der Waals surface area contributed by atoms with Crippen LogP contribution in [0.25, 0.3) is 0 Å². The summed E-state index contributed by atoms with van der Waals surface area (Å²) in [4.78, 5) is 10.3. The highest BCUT2D eigenvalue weighted by Crippen LogP contribution is 2.17. The molecule has 0 heterocycles. The second-order valence-electron chi connectivity index (χ2n) is 3.10. The predicted octanol–water partition coefficient (Wildman–Crippen LogP) is 3.09. The molecule has 0 aromatic heterocycles.